The van der Waals surface area contributed by atoms with Crippen LogP contribution in [0.15, 0.2) is 23.2 Å². The van der Waals surface area contributed by atoms with E-state index in [1.54, 1.807) is 7.05 Å². The molecule has 0 aliphatic carbocycles. The summed E-state index contributed by atoms with van der Waals surface area (Å²) in [4.78, 5) is 18.6. The number of likely N-dealkylation sites (tertiary alicyclic amines) is 1. The van der Waals surface area contributed by atoms with Crippen LogP contribution in [-0.2, 0) is 14.9 Å². The molecule has 30 heavy (non-hydrogen) atoms. The quantitative estimate of drug-likeness (QED) is 0.273. The van der Waals surface area contributed by atoms with Gasteiger partial charge >= 0.3 is 5.97 Å². The van der Waals surface area contributed by atoms with Crippen molar-refractivity contribution >= 4 is 35.9 Å². The molecule has 1 saturated heterocycles. The number of rotatable bonds is 5. The van der Waals surface area contributed by atoms with Crippen molar-refractivity contribution in [2.75, 3.05) is 46.5 Å². The van der Waals surface area contributed by atoms with Crippen molar-refractivity contribution in [3.63, 3.8) is 0 Å². The van der Waals surface area contributed by atoms with Crippen molar-refractivity contribution in [2.45, 2.75) is 39.0 Å². The second kappa shape index (κ2) is 11.1. The molecule has 7 nitrogen and oxygen atoms in total. The van der Waals surface area contributed by atoms with Gasteiger partial charge in [-0.3, -0.25) is 9.79 Å². The van der Waals surface area contributed by atoms with Gasteiger partial charge in [0.05, 0.1) is 12.5 Å². The Morgan fingerprint density at radius 1 is 1.23 bits per heavy atom. The Morgan fingerprint density at radius 2 is 1.90 bits per heavy atom. The summed E-state index contributed by atoms with van der Waals surface area (Å²) >= 11 is 0. The zero-order chi connectivity index (χ0) is 20.9. The van der Waals surface area contributed by atoms with Crippen LogP contribution >= 0.6 is 24.0 Å². The van der Waals surface area contributed by atoms with Gasteiger partial charge in [-0.15, -0.1) is 24.0 Å². The summed E-state index contributed by atoms with van der Waals surface area (Å²) in [5.74, 6) is 2.42. The second-order valence-corrected chi connectivity index (χ2v) is 8.16. The summed E-state index contributed by atoms with van der Waals surface area (Å²) in [6.07, 6.45) is 1.59. The smallest absolute Gasteiger partial charge is 0.309 e. The van der Waals surface area contributed by atoms with Crippen LogP contribution in [0.5, 0.6) is 11.5 Å². The molecule has 2 aliphatic heterocycles. The lowest BCUT2D eigenvalue weighted by Gasteiger charge is -2.35. The van der Waals surface area contributed by atoms with E-state index in [-0.39, 0.29) is 41.3 Å². The number of guanidine groups is 1. The molecule has 0 aromatic heterocycles. The number of fused-ring (bicyclic) bond motifs is 1. The molecule has 0 unspecified atom stereocenters. The second-order valence-electron chi connectivity index (χ2n) is 8.16. The maximum atomic E-state index is 12.0. The minimum atomic E-state index is -0.116. The van der Waals surface area contributed by atoms with Crippen LogP contribution in [0.1, 0.15) is 39.2 Å². The molecule has 1 fully saturated rings. The Balaban J connectivity index is 0.00000320. The van der Waals surface area contributed by atoms with E-state index in [1.807, 2.05) is 13.0 Å². The average molecular weight is 531 g/mol. The predicted molar refractivity (Wildman–Crippen MR) is 128 cm³/mol. The Labute approximate surface area is 196 Å². The van der Waals surface area contributed by atoms with Gasteiger partial charge < -0.3 is 24.4 Å². The van der Waals surface area contributed by atoms with Crippen LogP contribution < -0.4 is 14.8 Å². The molecule has 0 spiro atoms. The lowest BCUT2D eigenvalue weighted by atomic mass is 9.84. The number of halogens is 1. The molecule has 0 radical (unpaired) electrons. The van der Waals surface area contributed by atoms with E-state index in [1.165, 1.54) is 5.56 Å². The van der Waals surface area contributed by atoms with Crippen LogP contribution in [0.25, 0.3) is 0 Å². The first-order valence-corrected chi connectivity index (χ1v) is 10.5. The monoisotopic (exact) mass is 531 g/mol. The molecule has 168 valence electrons. The predicted octanol–water partition coefficient (Wildman–Crippen LogP) is 3.20. The summed E-state index contributed by atoms with van der Waals surface area (Å²) in [5.41, 5.74) is 1.07. The van der Waals surface area contributed by atoms with Crippen molar-refractivity contribution in [3.05, 3.63) is 23.8 Å². The van der Waals surface area contributed by atoms with E-state index in [2.05, 4.69) is 41.2 Å². The Bertz CT molecular complexity index is 746. The SMILES string of the molecule is CCOC(=O)C1CCN(C(=NC)NCC(C)(C)c2ccc3c(c2)OCCO3)CC1.I. The minimum absolute atomic E-state index is 0. The van der Waals surface area contributed by atoms with Gasteiger partial charge in [0, 0.05) is 32.1 Å². The highest BCUT2D eigenvalue weighted by Gasteiger charge is 2.29. The van der Waals surface area contributed by atoms with Gasteiger partial charge in [-0.1, -0.05) is 19.9 Å². The normalized spacial score (nSPS) is 17.2. The number of esters is 1. The Hall–Kier alpha value is -1.71. The number of carbonyl (C=O) groups is 1. The first-order valence-electron chi connectivity index (χ1n) is 10.5. The third-order valence-corrected chi connectivity index (χ3v) is 5.64. The van der Waals surface area contributed by atoms with Gasteiger partial charge in [0.25, 0.3) is 0 Å². The molecule has 0 saturated carbocycles. The lowest BCUT2D eigenvalue weighted by Crippen LogP contribution is -2.49. The molecule has 1 aromatic rings. The molecule has 2 heterocycles. The van der Waals surface area contributed by atoms with Gasteiger partial charge in [0.1, 0.15) is 13.2 Å². The summed E-state index contributed by atoms with van der Waals surface area (Å²) in [7, 11) is 1.80. The topological polar surface area (TPSA) is 72.4 Å². The molecule has 3 rings (SSSR count). The molecule has 1 N–H and O–H groups in total. The van der Waals surface area contributed by atoms with Crippen LogP contribution in [0.3, 0.4) is 0 Å². The van der Waals surface area contributed by atoms with Crippen LogP contribution in [0.4, 0.5) is 0 Å². The number of nitrogens with zero attached hydrogens (tertiary/aromatic N) is 2. The fraction of sp³-hybridized carbons (Fsp3) is 0.636. The highest BCUT2D eigenvalue weighted by atomic mass is 127. The number of aliphatic imine (C=N–C) groups is 1. The molecule has 8 heteroatoms. The van der Waals surface area contributed by atoms with Crippen molar-refractivity contribution < 1.29 is 19.0 Å². The first kappa shape index (κ1) is 24.6. The molecule has 0 bridgehead atoms. The molecular weight excluding hydrogens is 497 g/mol. The van der Waals surface area contributed by atoms with Gasteiger partial charge in [0.2, 0.25) is 0 Å². The van der Waals surface area contributed by atoms with Crippen molar-refractivity contribution in [2.24, 2.45) is 10.9 Å². The average Bonchev–Trinajstić information content (AvgIpc) is 2.74. The van der Waals surface area contributed by atoms with E-state index >= 15 is 0 Å². The number of piperidine rings is 1. The fourth-order valence-electron chi connectivity index (χ4n) is 3.79. The number of hydrogen-bond donors (Lipinski definition) is 1. The first-order chi connectivity index (χ1) is 13.9. The number of benzene rings is 1. The largest absolute Gasteiger partial charge is 0.486 e. The maximum absolute atomic E-state index is 12.0. The van der Waals surface area contributed by atoms with Gasteiger partial charge in [-0.2, -0.15) is 0 Å². The fourth-order valence-corrected chi connectivity index (χ4v) is 3.79. The number of ether oxygens (including phenoxy) is 3. The third-order valence-electron chi connectivity index (χ3n) is 5.64. The minimum Gasteiger partial charge on any atom is -0.486 e. The van der Waals surface area contributed by atoms with Crippen LogP contribution in [-0.4, -0.2) is 63.3 Å². The molecule has 1 aromatic carbocycles. The molecule has 0 amide bonds. The van der Waals surface area contributed by atoms with Crippen molar-refractivity contribution in [1.29, 1.82) is 0 Å². The van der Waals surface area contributed by atoms with Gasteiger partial charge in [-0.25, -0.2) is 0 Å². The number of nitrogens with one attached hydrogen (secondary N) is 1. The van der Waals surface area contributed by atoms with E-state index < -0.39 is 0 Å². The molecule has 2 aliphatic rings. The third kappa shape index (κ3) is 5.92. The van der Waals surface area contributed by atoms with Crippen LogP contribution in [0.2, 0.25) is 0 Å². The summed E-state index contributed by atoms with van der Waals surface area (Å²) in [5, 5.41) is 3.51. The summed E-state index contributed by atoms with van der Waals surface area (Å²) in [6, 6.07) is 6.16. The Morgan fingerprint density at radius 3 is 2.53 bits per heavy atom. The summed E-state index contributed by atoms with van der Waals surface area (Å²) in [6.45, 7) is 10.2. The zero-order valence-electron chi connectivity index (χ0n) is 18.4. The van der Waals surface area contributed by atoms with E-state index in [0.29, 0.717) is 19.8 Å². The maximum Gasteiger partial charge on any atom is 0.309 e. The van der Waals surface area contributed by atoms with E-state index in [4.69, 9.17) is 14.2 Å². The van der Waals surface area contributed by atoms with E-state index in [9.17, 15) is 4.79 Å². The number of carbonyl (C=O) groups excluding carboxylic acids is 1. The number of hydrogen-bond acceptors (Lipinski definition) is 5. The van der Waals surface area contributed by atoms with E-state index in [0.717, 1.165) is 49.9 Å². The summed E-state index contributed by atoms with van der Waals surface area (Å²) < 4.78 is 16.5. The zero-order valence-corrected chi connectivity index (χ0v) is 20.7. The van der Waals surface area contributed by atoms with Gasteiger partial charge in [0.15, 0.2) is 17.5 Å². The highest BCUT2D eigenvalue weighted by Crippen LogP contribution is 2.35. The standard InChI is InChI=1S/C22H33N3O4.HI/c1-5-27-20(26)16-8-10-25(11-9-16)21(23-4)24-15-22(2,3)17-6-7-18-19(14-17)29-13-12-28-18;/h6-7,14,16H,5,8-13,15H2,1-4H3,(H,23,24);1H. The molecule has 0 atom stereocenters. The molecular formula is C22H34IN3O4. The van der Waals surface area contributed by atoms with Gasteiger partial charge in [-0.05, 0) is 37.5 Å². The van der Waals surface area contributed by atoms with Crippen molar-refractivity contribution in [1.82, 2.24) is 10.2 Å². The Kier molecular flexibility index (Phi) is 9.06. The van der Waals surface area contributed by atoms with Crippen molar-refractivity contribution in [3.8, 4) is 11.5 Å². The lowest BCUT2D eigenvalue weighted by molar-refractivity contribution is -0.149. The van der Waals surface area contributed by atoms with Crippen LogP contribution in [0, 0.1) is 5.92 Å². The highest BCUT2D eigenvalue weighted by molar-refractivity contribution is 14.0.